The highest BCUT2D eigenvalue weighted by molar-refractivity contribution is 7.15. The van der Waals surface area contributed by atoms with E-state index in [2.05, 4.69) is 34.2 Å². The van der Waals surface area contributed by atoms with Crippen LogP contribution in [0.25, 0.3) is 10.6 Å². The van der Waals surface area contributed by atoms with Gasteiger partial charge in [-0.05, 0) is 61.7 Å². The van der Waals surface area contributed by atoms with Crippen molar-refractivity contribution in [2.75, 3.05) is 19.1 Å². The van der Waals surface area contributed by atoms with Crippen molar-refractivity contribution in [3.63, 3.8) is 0 Å². The minimum Gasteiger partial charge on any atom is -0.497 e. The number of benzene rings is 2. The number of carbonyl (C=O) groups is 1. The second-order valence-corrected chi connectivity index (χ2v) is 8.90. The molecule has 9 heteroatoms. The fourth-order valence-electron chi connectivity index (χ4n) is 3.93. The number of thiazole rings is 1. The van der Waals surface area contributed by atoms with E-state index in [1.807, 2.05) is 24.8 Å². The molecule has 2 aromatic heterocycles. The van der Waals surface area contributed by atoms with Crippen molar-refractivity contribution in [2.24, 2.45) is 0 Å². The fourth-order valence-corrected chi connectivity index (χ4v) is 4.86. The number of aryl methyl sites for hydroxylation is 3. The van der Waals surface area contributed by atoms with Gasteiger partial charge in [0, 0.05) is 11.6 Å². The van der Waals surface area contributed by atoms with Crippen LogP contribution >= 0.6 is 11.3 Å². The van der Waals surface area contributed by atoms with Crippen LogP contribution in [0.5, 0.6) is 11.6 Å². The van der Waals surface area contributed by atoms with Crippen LogP contribution < -0.4 is 14.4 Å². The van der Waals surface area contributed by atoms with Crippen LogP contribution in [0.3, 0.4) is 0 Å². The number of anilines is 3. The molecule has 0 bridgehead atoms. The fraction of sp³-hybridized carbons (Fsp3) is 0.240. The molecule has 2 aromatic carbocycles. The Kier molecular flexibility index (Phi) is 6.56. The third kappa shape index (κ3) is 4.22. The molecule has 2 N–H and O–H groups in total. The maximum Gasteiger partial charge on any atom is 0.337 e. The molecule has 0 aliphatic carbocycles. The molecule has 0 saturated heterocycles. The number of ether oxygens (including phenoxy) is 2. The lowest BCUT2D eigenvalue weighted by atomic mass is 9.99. The quantitative estimate of drug-likeness (QED) is 0.325. The molecule has 4 rings (SSSR count). The summed E-state index contributed by atoms with van der Waals surface area (Å²) in [6.07, 6.45) is 2.41. The van der Waals surface area contributed by atoms with Crippen molar-refractivity contribution in [1.82, 2.24) is 15.2 Å². The molecule has 0 radical (unpaired) electrons. The maximum atomic E-state index is 12.2. The number of hydrogen-bond acceptors (Lipinski definition) is 7. The molecule has 4 aromatic rings. The Labute approximate surface area is 201 Å². The molecule has 2 heterocycles. The zero-order valence-corrected chi connectivity index (χ0v) is 20.5. The summed E-state index contributed by atoms with van der Waals surface area (Å²) < 4.78 is 10.7. The second kappa shape index (κ2) is 9.56. The van der Waals surface area contributed by atoms with Gasteiger partial charge in [-0.2, -0.15) is 5.10 Å². The predicted octanol–water partition coefficient (Wildman–Crippen LogP) is 5.90. The Bertz CT molecular complexity index is 1330. The third-order valence-electron chi connectivity index (χ3n) is 5.62. The molecule has 0 amide bonds. The number of H-pyrrole nitrogens is 1. The summed E-state index contributed by atoms with van der Waals surface area (Å²) >= 11 is 1.59. The summed E-state index contributed by atoms with van der Waals surface area (Å²) in [5.41, 5.74) is 4.56. The van der Waals surface area contributed by atoms with Gasteiger partial charge in [-0.1, -0.05) is 6.92 Å². The first-order valence-electron chi connectivity index (χ1n) is 10.7. The molecule has 176 valence electrons. The topological polar surface area (TPSA) is 101 Å². The first-order valence-corrected chi connectivity index (χ1v) is 11.6. The second-order valence-electron chi connectivity index (χ2n) is 7.70. The zero-order valence-electron chi connectivity index (χ0n) is 19.7. The molecule has 34 heavy (non-hydrogen) atoms. The number of rotatable bonds is 8. The van der Waals surface area contributed by atoms with Gasteiger partial charge in [0.2, 0.25) is 5.88 Å². The van der Waals surface area contributed by atoms with Crippen LogP contribution in [-0.4, -0.2) is 40.5 Å². The van der Waals surface area contributed by atoms with E-state index in [-0.39, 0.29) is 5.56 Å². The Morgan fingerprint density at radius 3 is 2.50 bits per heavy atom. The standard InChI is InChI=1S/C25H26N4O4S/c1-6-16-12-21(14(2)11-18(16)24-27-23(33-5)15(3)34-24)29(22-9-10-26-28-22)20-8-7-17(32-4)13-19(20)25(30)31/h7-13H,6H2,1-5H3,(H,26,28)(H,30,31). The van der Waals surface area contributed by atoms with Gasteiger partial charge in [-0.3, -0.25) is 10.00 Å². The highest BCUT2D eigenvalue weighted by Gasteiger charge is 2.24. The van der Waals surface area contributed by atoms with Gasteiger partial charge in [0.25, 0.3) is 0 Å². The van der Waals surface area contributed by atoms with Gasteiger partial charge >= 0.3 is 5.97 Å². The van der Waals surface area contributed by atoms with Crippen LogP contribution in [-0.2, 0) is 6.42 Å². The van der Waals surface area contributed by atoms with E-state index in [0.29, 0.717) is 23.1 Å². The van der Waals surface area contributed by atoms with Crippen molar-refractivity contribution < 1.29 is 19.4 Å². The number of carboxylic acid groups (broad SMARTS) is 1. The van der Waals surface area contributed by atoms with Crippen LogP contribution in [0.2, 0.25) is 0 Å². The summed E-state index contributed by atoms with van der Waals surface area (Å²) in [5, 5.41) is 17.9. The number of methoxy groups -OCH3 is 2. The largest absolute Gasteiger partial charge is 0.497 e. The molecule has 0 saturated carbocycles. The lowest BCUT2D eigenvalue weighted by Gasteiger charge is -2.27. The van der Waals surface area contributed by atoms with Gasteiger partial charge in [-0.25, -0.2) is 9.78 Å². The molecular formula is C25H26N4O4S. The van der Waals surface area contributed by atoms with E-state index in [0.717, 1.165) is 38.7 Å². The van der Waals surface area contributed by atoms with Crippen molar-refractivity contribution in [1.29, 1.82) is 0 Å². The molecule has 0 aliphatic rings. The lowest BCUT2D eigenvalue weighted by Crippen LogP contribution is -2.16. The molecule has 8 nitrogen and oxygen atoms in total. The van der Waals surface area contributed by atoms with E-state index >= 15 is 0 Å². The summed E-state index contributed by atoms with van der Waals surface area (Å²) in [7, 11) is 3.14. The van der Waals surface area contributed by atoms with E-state index < -0.39 is 5.97 Å². The van der Waals surface area contributed by atoms with E-state index in [4.69, 9.17) is 9.47 Å². The predicted molar refractivity (Wildman–Crippen MR) is 133 cm³/mol. The van der Waals surface area contributed by atoms with Crippen molar-refractivity contribution in [3.05, 3.63) is 64.2 Å². The number of nitrogens with one attached hydrogen (secondary N) is 1. The normalized spacial score (nSPS) is 10.9. The molecule has 0 unspecified atom stereocenters. The summed E-state index contributed by atoms with van der Waals surface area (Å²) in [6.45, 7) is 6.08. The van der Waals surface area contributed by atoms with Crippen molar-refractivity contribution in [3.8, 4) is 22.2 Å². The average Bonchev–Trinajstić information content (AvgIpc) is 3.49. The molecule has 0 fully saturated rings. The summed E-state index contributed by atoms with van der Waals surface area (Å²) in [5.74, 6) is 0.707. The number of aromatic amines is 1. The van der Waals surface area contributed by atoms with Gasteiger partial charge in [0.05, 0.1) is 42.2 Å². The first-order chi connectivity index (χ1) is 16.4. The third-order valence-corrected chi connectivity index (χ3v) is 6.61. The van der Waals surface area contributed by atoms with E-state index in [1.165, 1.54) is 13.2 Å². The molecule has 0 atom stereocenters. The minimum absolute atomic E-state index is 0.121. The van der Waals surface area contributed by atoms with Gasteiger partial charge < -0.3 is 14.6 Å². The van der Waals surface area contributed by atoms with Crippen LogP contribution in [0, 0.1) is 13.8 Å². The van der Waals surface area contributed by atoms with Crippen LogP contribution in [0.4, 0.5) is 17.2 Å². The smallest absolute Gasteiger partial charge is 0.337 e. The molecule has 0 spiro atoms. The highest BCUT2D eigenvalue weighted by atomic mass is 32.1. The zero-order chi connectivity index (χ0) is 24.4. The average molecular weight is 479 g/mol. The number of carboxylic acids is 1. The highest BCUT2D eigenvalue weighted by Crippen LogP contribution is 2.42. The maximum absolute atomic E-state index is 12.2. The van der Waals surface area contributed by atoms with Crippen LogP contribution in [0.1, 0.15) is 33.3 Å². The Morgan fingerprint density at radius 2 is 1.91 bits per heavy atom. The Balaban J connectivity index is 1.93. The van der Waals surface area contributed by atoms with Gasteiger partial charge in [0.1, 0.15) is 16.6 Å². The van der Waals surface area contributed by atoms with Crippen LogP contribution in [0.15, 0.2) is 42.6 Å². The first kappa shape index (κ1) is 23.3. The molecular weight excluding hydrogens is 452 g/mol. The van der Waals surface area contributed by atoms with E-state index in [1.54, 1.807) is 36.8 Å². The number of hydrogen-bond donors (Lipinski definition) is 2. The van der Waals surface area contributed by atoms with Crippen molar-refractivity contribution >= 4 is 34.5 Å². The van der Waals surface area contributed by atoms with Crippen molar-refractivity contribution in [2.45, 2.75) is 27.2 Å². The summed E-state index contributed by atoms with van der Waals surface area (Å²) in [4.78, 5) is 19.7. The molecule has 0 aliphatic heterocycles. The minimum atomic E-state index is -1.05. The van der Waals surface area contributed by atoms with Gasteiger partial charge in [-0.15, -0.1) is 11.3 Å². The monoisotopic (exact) mass is 478 g/mol. The number of aromatic nitrogens is 3. The Hall–Kier alpha value is -3.85. The van der Waals surface area contributed by atoms with Gasteiger partial charge in [0.15, 0.2) is 0 Å². The van der Waals surface area contributed by atoms with E-state index in [9.17, 15) is 9.90 Å². The number of aromatic carboxylic acids is 1. The SMILES string of the molecule is CCc1cc(N(c2ccn[nH]2)c2ccc(OC)cc2C(=O)O)c(C)cc1-c1nc(OC)c(C)s1. The Morgan fingerprint density at radius 1 is 1.12 bits per heavy atom. The summed E-state index contributed by atoms with van der Waals surface area (Å²) in [6, 6.07) is 11.0. The lowest BCUT2D eigenvalue weighted by molar-refractivity contribution is 0.0697. The number of nitrogens with zero attached hydrogens (tertiary/aromatic N) is 3.